The van der Waals surface area contributed by atoms with Crippen LogP contribution in [0, 0.1) is 0 Å². The van der Waals surface area contributed by atoms with Crippen molar-refractivity contribution in [1.82, 2.24) is 0 Å². The molecule has 0 aromatic rings. The standard InChI is InChI=1S/C76H126O6/c1-4-7-10-13-16-19-22-25-28-30-32-34-35-36-37-38-39-40-41-43-44-46-48-51-54-57-60-63-66-69-75(78)81-72-73(71-80-74(77)68-65-62-59-56-53-50-27-24-21-18-15-12-9-6-3)82-76(79)70-67-64-61-58-55-52-49-47-45-42-33-31-29-26-23-20-17-14-11-8-5-2/h7-8,10-11,15-20,24-29,32-34,36-37,42,73H,4-6,9,12-14,21-23,30-31,35,38-41,43-72H2,1-3H3/b10-7-,11-8-,18-15-,19-16-,20-17-,27-24-,28-25-,29-26-,34-32-,37-36-,42-33-. The molecule has 0 aromatic heterocycles. The van der Waals surface area contributed by atoms with Gasteiger partial charge in [0.25, 0.3) is 0 Å². The monoisotopic (exact) mass is 1130 g/mol. The van der Waals surface area contributed by atoms with E-state index >= 15 is 0 Å². The molecule has 1 atom stereocenters. The highest BCUT2D eigenvalue weighted by Crippen LogP contribution is 2.16. The van der Waals surface area contributed by atoms with E-state index in [0.29, 0.717) is 19.3 Å². The lowest BCUT2D eigenvalue weighted by Crippen LogP contribution is -2.30. The molecule has 0 saturated heterocycles. The van der Waals surface area contributed by atoms with Gasteiger partial charge in [-0.05, 0) is 128 Å². The lowest BCUT2D eigenvalue weighted by atomic mass is 10.0. The van der Waals surface area contributed by atoms with Crippen LogP contribution in [-0.2, 0) is 28.6 Å². The molecule has 0 aliphatic carbocycles. The van der Waals surface area contributed by atoms with Crippen LogP contribution < -0.4 is 0 Å². The molecule has 0 aliphatic heterocycles. The van der Waals surface area contributed by atoms with Crippen LogP contribution in [0.15, 0.2) is 134 Å². The molecule has 6 nitrogen and oxygen atoms in total. The molecule has 0 saturated carbocycles. The van der Waals surface area contributed by atoms with E-state index in [1.165, 1.54) is 122 Å². The van der Waals surface area contributed by atoms with Gasteiger partial charge in [-0.1, -0.05) is 296 Å². The molecule has 0 spiro atoms. The Hall–Kier alpha value is -4.45. The normalized spacial score (nSPS) is 13.0. The number of ether oxygens (including phenoxy) is 3. The SMILES string of the molecule is CC/C=C\C/C=C\C/C=C\C/C=C\C/C=C\CCCCCCCCCCCCCCCC(=O)OCC(COC(=O)CCCCCCC/C=C\C/C=C\CCCC)OC(=O)CCCCCCCCCC/C=C\C/C=C\C/C=C\C/C=C\CC. The van der Waals surface area contributed by atoms with Gasteiger partial charge in [0.2, 0.25) is 0 Å². The first-order valence-electron chi connectivity index (χ1n) is 34.2. The first-order chi connectivity index (χ1) is 40.5. The van der Waals surface area contributed by atoms with Gasteiger partial charge < -0.3 is 14.2 Å². The Labute approximate surface area is 506 Å². The second-order valence-electron chi connectivity index (χ2n) is 22.3. The highest BCUT2D eigenvalue weighted by molar-refractivity contribution is 5.71. The molecule has 0 rings (SSSR count). The average Bonchev–Trinajstić information content (AvgIpc) is 3.47. The maximum atomic E-state index is 12.9. The fraction of sp³-hybridized carbons (Fsp3) is 0.671. The van der Waals surface area contributed by atoms with Gasteiger partial charge >= 0.3 is 17.9 Å². The van der Waals surface area contributed by atoms with Gasteiger partial charge in [-0.3, -0.25) is 14.4 Å². The molecule has 0 aliphatic rings. The predicted molar refractivity (Wildman–Crippen MR) is 357 cm³/mol. The fourth-order valence-electron chi connectivity index (χ4n) is 9.30. The van der Waals surface area contributed by atoms with E-state index in [2.05, 4.69) is 154 Å². The van der Waals surface area contributed by atoms with E-state index in [1.54, 1.807) is 0 Å². The van der Waals surface area contributed by atoms with Crippen LogP contribution in [0.3, 0.4) is 0 Å². The zero-order valence-electron chi connectivity index (χ0n) is 53.5. The zero-order chi connectivity index (χ0) is 59.2. The van der Waals surface area contributed by atoms with Crippen molar-refractivity contribution in [2.45, 2.75) is 316 Å². The summed E-state index contributed by atoms with van der Waals surface area (Å²) >= 11 is 0. The summed E-state index contributed by atoms with van der Waals surface area (Å²) in [5, 5.41) is 0. The van der Waals surface area contributed by atoms with Crippen molar-refractivity contribution in [3.63, 3.8) is 0 Å². The van der Waals surface area contributed by atoms with Crippen LogP contribution in [0.5, 0.6) is 0 Å². The number of carbonyl (C=O) groups is 3. The Balaban J connectivity index is 4.32. The highest BCUT2D eigenvalue weighted by atomic mass is 16.6. The molecule has 0 amide bonds. The molecular formula is C76H126O6. The fourth-order valence-corrected chi connectivity index (χ4v) is 9.30. The van der Waals surface area contributed by atoms with E-state index in [-0.39, 0.29) is 31.1 Å². The zero-order valence-corrected chi connectivity index (χ0v) is 53.5. The summed E-state index contributed by atoms with van der Waals surface area (Å²) < 4.78 is 17.0. The van der Waals surface area contributed by atoms with Crippen molar-refractivity contribution < 1.29 is 28.6 Å². The summed E-state index contributed by atoms with van der Waals surface area (Å²) in [5.41, 5.74) is 0. The van der Waals surface area contributed by atoms with Crippen LogP contribution in [0.1, 0.15) is 310 Å². The molecule has 0 fully saturated rings. The summed E-state index contributed by atoms with van der Waals surface area (Å²) in [6.07, 6.45) is 97.5. The summed E-state index contributed by atoms with van der Waals surface area (Å²) in [7, 11) is 0. The molecule has 0 N–H and O–H groups in total. The number of esters is 3. The first kappa shape index (κ1) is 77.5. The summed E-state index contributed by atoms with van der Waals surface area (Å²) in [4.78, 5) is 38.4. The largest absolute Gasteiger partial charge is 0.462 e. The first-order valence-corrected chi connectivity index (χ1v) is 34.2. The van der Waals surface area contributed by atoms with Gasteiger partial charge in [0.1, 0.15) is 13.2 Å². The van der Waals surface area contributed by atoms with Gasteiger partial charge in [0, 0.05) is 19.3 Å². The molecular weight excluding hydrogens is 1010 g/mol. The molecule has 0 aromatic carbocycles. The van der Waals surface area contributed by atoms with Gasteiger partial charge in [0.15, 0.2) is 6.10 Å². The third-order valence-electron chi connectivity index (χ3n) is 14.4. The van der Waals surface area contributed by atoms with Gasteiger partial charge in [-0.15, -0.1) is 0 Å². The highest BCUT2D eigenvalue weighted by Gasteiger charge is 2.19. The number of unbranched alkanes of at least 4 members (excludes halogenated alkanes) is 28. The van der Waals surface area contributed by atoms with Gasteiger partial charge in [-0.25, -0.2) is 0 Å². The minimum Gasteiger partial charge on any atom is -0.462 e. The maximum absolute atomic E-state index is 12.9. The van der Waals surface area contributed by atoms with Crippen molar-refractivity contribution in [2.75, 3.05) is 13.2 Å². The van der Waals surface area contributed by atoms with Crippen molar-refractivity contribution in [3.05, 3.63) is 134 Å². The minimum absolute atomic E-state index is 0.0885. The number of rotatable bonds is 61. The lowest BCUT2D eigenvalue weighted by molar-refractivity contribution is -0.167. The summed E-state index contributed by atoms with van der Waals surface area (Å²) in [5.74, 6) is -0.905. The van der Waals surface area contributed by atoms with Crippen molar-refractivity contribution >= 4 is 17.9 Å². The van der Waals surface area contributed by atoms with Crippen molar-refractivity contribution in [2.24, 2.45) is 0 Å². The quantitative estimate of drug-likeness (QED) is 0.0261. The lowest BCUT2D eigenvalue weighted by Gasteiger charge is -2.18. The van der Waals surface area contributed by atoms with Crippen molar-refractivity contribution in [3.8, 4) is 0 Å². The summed E-state index contributed by atoms with van der Waals surface area (Å²) in [6, 6.07) is 0. The topological polar surface area (TPSA) is 78.9 Å². The third-order valence-corrected chi connectivity index (χ3v) is 14.4. The molecule has 0 heterocycles. The number of carbonyl (C=O) groups excluding carboxylic acids is 3. The maximum Gasteiger partial charge on any atom is 0.306 e. The Bertz CT molecular complexity index is 1730. The Morgan fingerprint density at radius 3 is 0.744 bits per heavy atom. The Morgan fingerprint density at radius 1 is 0.256 bits per heavy atom. The van der Waals surface area contributed by atoms with E-state index in [4.69, 9.17) is 14.2 Å². The van der Waals surface area contributed by atoms with Gasteiger partial charge in [-0.2, -0.15) is 0 Å². The van der Waals surface area contributed by atoms with E-state index in [0.717, 1.165) is 148 Å². The molecule has 6 heteroatoms. The minimum atomic E-state index is -0.794. The predicted octanol–water partition coefficient (Wildman–Crippen LogP) is 23.7. The summed E-state index contributed by atoms with van der Waals surface area (Å²) in [6.45, 7) is 6.37. The number of hydrogen-bond acceptors (Lipinski definition) is 6. The molecule has 466 valence electrons. The smallest absolute Gasteiger partial charge is 0.306 e. The van der Waals surface area contributed by atoms with Crippen LogP contribution in [0.25, 0.3) is 0 Å². The van der Waals surface area contributed by atoms with E-state index < -0.39 is 6.10 Å². The molecule has 0 radical (unpaired) electrons. The van der Waals surface area contributed by atoms with E-state index in [1.807, 2.05) is 0 Å². The van der Waals surface area contributed by atoms with Crippen LogP contribution in [0.2, 0.25) is 0 Å². The second kappa shape index (κ2) is 69.0. The third kappa shape index (κ3) is 66.4. The van der Waals surface area contributed by atoms with Crippen LogP contribution >= 0.6 is 0 Å². The average molecular weight is 1140 g/mol. The van der Waals surface area contributed by atoms with Crippen molar-refractivity contribution in [1.29, 1.82) is 0 Å². The Kier molecular flexibility index (Phi) is 65.3. The number of hydrogen-bond donors (Lipinski definition) is 0. The Morgan fingerprint density at radius 2 is 0.476 bits per heavy atom. The number of allylic oxidation sites excluding steroid dienone is 22. The van der Waals surface area contributed by atoms with Crippen LogP contribution in [0.4, 0.5) is 0 Å². The molecule has 82 heavy (non-hydrogen) atoms. The van der Waals surface area contributed by atoms with Gasteiger partial charge in [0.05, 0.1) is 0 Å². The van der Waals surface area contributed by atoms with E-state index in [9.17, 15) is 14.4 Å². The van der Waals surface area contributed by atoms with Crippen LogP contribution in [-0.4, -0.2) is 37.2 Å². The second-order valence-corrected chi connectivity index (χ2v) is 22.3. The molecule has 0 bridgehead atoms. The molecule has 1 unspecified atom stereocenters.